The monoisotopic (exact) mass is 408 g/mol. The van der Waals surface area contributed by atoms with E-state index in [1.165, 1.54) is 7.11 Å². The molecule has 0 atom stereocenters. The average Bonchev–Trinajstić information content (AvgIpc) is 2.78. The Morgan fingerprint density at radius 2 is 1.55 bits per heavy atom. The Balaban J connectivity index is 2.21. The first-order valence-corrected chi connectivity index (χ1v) is 10.0. The zero-order chi connectivity index (χ0) is 20.6. The van der Waals surface area contributed by atoms with Crippen LogP contribution in [0.3, 0.4) is 0 Å². The van der Waals surface area contributed by atoms with Gasteiger partial charge in [-0.3, -0.25) is 4.79 Å². The maximum absolute atomic E-state index is 12.8. The highest BCUT2D eigenvalue weighted by atomic mass is 32.2. The van der Waals surface area contributed by atoms with Gasteiger partial charge in [-0.2, -0.15) is 0 Å². The van der Waals surface area contributed by atoms with Crippen molar-refractivity contribution in [2.24, 2.45) is 0 Å². The fourth-order valence-electron chi connectivity index (χ4n) is 2.64. The quantitative estimate of drug-likeness (QED) is 0.328. The predicted molar refractivity (Wildman–Crippen MR) is 112 cm³/mol. The molecule has 0 bridgehead atoms. The Morgan fingerprint density at radius 1 is 0.931 bits per heavy atom. The number of carbonyl (C=O) groups is 2. The Kier molecular flexibility index (Phi) is 6.97. The molecule has 0 spiro atoms. The molecule has 0 N–H and O–H groups in total. The Bertz CT molecular complexity index is 994. The van der Waals surface area contributed by atoms with Crippen molar-refractivity contribution in [3.05, 3.63) is 66.2 Å². The molecule has 0 aliphatic carbocycles. The minimum atomic E-state index is -0.529. The van der Waals surface area contributed by atoms with Crippen LogP contribution >= 0.6 is 11.8 Å². The van der Waals surface area contributed by atoms with Gasteiger partial charge >= 0.3 is 11.9 Å². The molecule has 1 heterocycles. The van der Waals surface area contributed by atoms with Crippen molar-refractivity contribution in [1.29, 1.82) is 0 Å². The van der Waals surface area contributed by atoms with E-state index in [2.05, 4.69) is 9.97 Å². The van der Waals surface area contributed by atoms with Crippen LogP contribution < -0.4 is 0 Å². The normalized spacial score (nSPS) is 10.4. The molecule has 2 aromatic carbocycles. The predicted octanol–water partition coefficient (Wildman–Crippen LogP) is 4.25. The van der Waals surface area contributed by atoms with Crippen LogP contribution in [0.2, 0.25) is 0 Å². The minimum absolute atomic E-state index is 0.0162. The average molecular weight is 408 g/mol. The van der Waals surface area contributed by atoms with E-state index in [0.717, 1.165) is 22.9 Å². The molecule has 0 fully saturated rings. The molecule has 0 aliphatic heterocycles. The van der Waals surface area contributed by atoms with Gasteiger partial charge in [-0.15, -0.1) is 0 Å². The Morgan fingerprint density at radius 3 is 2.14 bits per heavy atom. The molecular formula is C22H20N2O4S. The summed E-state index contributed by atoms with van der Waals surface area (Å²) in [6.07, 6.45) is 0. The van der Waals surface area contributed by atoms with Gasteiger partial charge in [-0.25, -0.2) is 14.8 Å². The second kappa shape index (κ2) is 9.84. The van der Waals surface area contributed by atoms with Gasteiger partial charge < -0.3 is 9.47 Å². The van der Waals surface area contributed by atoms with E-state index in [9.17, 15) is 9.59 Å². The smallest absolute Gasteiger partial charge is 0.343 e. The summed E-state index contributed by atoms with van der Waals surface area (Å²) in [6.45, 7) is 1.95. The standard InChI is InChI=1S/C22H20N2O4S/c1-3-28-22(26)18-19(15-10-6-4-7-11-15)23-20(16-12-8-5-9-13-16)24-21(18)29-14-17(25)27-2/h4-13H,3,14H2,1-2H3. The minimum Gasteiger partial charge on any atom is -0.468 e. The van der Waals surface area contributed by atoms with E-state index in [1.54, 1.807) is 6.92 Å². The Labute approximate surface area is 173 Å². The first kappa shape index (κ1) is 20.5. The van der Waals surface area contributed by atoms with Gasteiger partial charge in [0, 0.05) is 11.1 Å². The topological polar surface area (TPSA) is 78.4 Å². The first-order valence-electron chi connectivity index (χ1n) is 9.03. The first-order chi connectivity index (χ1) is 14.1. The molecular weight excluding hydrogens is 388 g/mol. The molecule has 0 saturated heterocycles. The summed E-state index contributed by atoms with van der Waals surface area (Å²) >= 11 is 1.13. The summed E-state index contributed by atoms with van der Waals surface area (Å²) in [5.74, 6) is -0.461. The molecule has 0 aliphatic rings. The maximum atomic E-state index is 12.8. The second-order valence-electron chi connectivity index (χ2n) is 5.89. The number of carbonyl (C=O) groups excluding carboxylic acids is 2. The van der Waals surface area contributed by atoms with E-state index in [0.29, 0.717) is 16.5 Å². The number of aromatic nitrogens is 2. The molecule has 6 nitrogen and oxygen atoms in total. The molecule has 7 heteroatoms. The van der Waals surface area contributed by atoms with E-state index >= 15 is 0 Å². The van der Waals surface area contributed by atoms with Gasteiger partial charge in [-0.1, -0.05) is 72.4 Å². The van der Waals surface area contributed by atoms with E-state index < -0.39 is 11.9 Å². The number of hydrogen-bond acceptors (Lipinski definition) is 7. The van der Waals surface area contributed by atoms with E-state index in [4.69, 9.17) is 9.47 Å². The third-order valence-corrected chi connectivity index (χ3v) is 4.94. The molecule has 148 valence electrons. The molecule has 0 radical (unpaired) electrons. The zero-order valence-corrected chi connectivity index (χ0v) is 16.9. The van der Waals surface area contributed by atoms with Crippen LogP contribution in [0.5, 0.6) is 0 Å². The van der Waals surface area contributed by atoms with Gasteiger partial charge in [-0.05, 0) is 6.92 Å². The fraction of sp³-hybridized carbons (Fsp3) is 0.182. The number of hydrogen-bond donors (Lipinski definition) is 0. The number of thioether (sulfide) groups is 1. The van der Waals surface area contributed by atoms with Crippen LogP contribution in [0.15, 0.2) is 65.7 Å². The van der Waals surface area contributed by atoms with Crippen LogP contribution in [0, 0.1) is 0 Å². The van der Waals surface area contributed by atoms with Crippen molar-refractivity contribution >= 4 is 23.7 Å². The van der Waals surface area contributed by atoms with Crippen LogP contribution in [0.1, 0.15) is 17.3 Å². The van der Waals surface area contributed by atoms with Crippen molar-refractivity contribution in [1.82, 2.24) is 9.97 Å². The molecule has 0 unspecified atom stereocenters. The van der Waals surface area contributed by atoms with Gasteiger partial charge in [0.05, 0.1) is 25.2 Å². The van der Waals surface area contributed by atoms with Crippen molar-refractivity contribution < 1.29 is 19.1 Å². The number of methoxy groups -OCH3 is 1. The van der Waals surface area contributed by atoms with Crippen molar-refractivity contribution in [2.75, 3.05) is 19.5 Å². The van der Waals surface area contributed by atoms with Crippen molar-refractivity contribution in [3.63, 3.8) is 0 Å². The highest BCUT2D eigenvalue weighted by Crippen LogP contribution is 2.32. The summed E-state index contributed by atoms with van der Waals surface area (Å²) in [6, 6.07) is 18.8. The number of ether oxygens (including phenoxy) is 2. The van der Waals surface area contributed by atoms with Gasteiger partial charge in [0.1, 0.15) is 10.6 Å². The van der Waals surface area contributed by atoms with Gasteiger partial charge in [0.15, 0.2) is 5.82 Å². The molecule has 3 rings (SSSR count). The molecule has 0 amide bonds. The number of benzene rings is 2. The Hall–Kier alpha value is -3.19. The summed E-state index contributed by atoms with van der Waals surface area (Å²) in [4.78, 5) is 33.8. The molecule has 3 aromatic rings. The summed E-state index contributed by atoms with van der Waals surface area (Å²) in [5, 5.41) is 0.376. The molecule has 1 aromatic heterocycles. The maximum Gasteiger partial charge on any atom is 0.343 e. The molecule has 0 saturated carbocycles. The zero-order valence-electron chi connectivity index (χ0n) is 16.1. The van der Waals surface area contributed by atoms with Gasteiger partial charge in [0.25, 0.3) is 0 Å². The van der Waals surface area contributed by atoms with Crippen molar-refractivity contribution in [3.8, 4) is 22.6 Å². The summed E-state index contributed by atoms with van der Waals surface area (Å²) in [5.41, 5.74) is 2.27. The summed E-state index contributed by atoms with van der Waals surface area (Å²) in [7, 11) is 1.32. The highest BCUT2D eigenvalue weighted by molar-refractivity contribution is 8.00. The van der Waals surface area contributed by atoms with Crippen LogP contribution in [0.25, 0.3) is 22.6 Å². The second-order valence-corrected chi connectivity index (χ2v) is 6.86. The summed E-state index contributed by atoms with van der Waals surface area (Å²) < 4.78 is 9.99. The lowest BCUT2D eigenvalue weighted by Gasteiger charge is -2.14. The number of nitrogens with zero attached hydrogens (tertiary/aromatic N) is 2. The van der Waals surface area contributed by atoms with E-state index in [-0.39, 0.29) is 17.9 Å². The number of rotatable bonds is 7. The van der Waals surface area contributed by atoms with Crippen LogP contribution in [-0.4, -0.2) is 41.4 Å². The van der Waals surface area contributed by atoms with E-state index in [1.807, 2.05) is 60.7 Å². The van der Waals surface area contributed by atoms with Crippen molar-refractivity contribution in [2.45, 2.75) is 11.9 Å². The lowest BCUT2D eigenvalue weighted by molar-refractivity contribution is -0.137. The number of esters is 2. The lowest BCUT2D eigenvalue weighted by atomic mass is 10.1. The third kappa shape index (κ3) is 5.00. The third-order valence-electron chi connectivity index (χ3n) is 3.99. The van der Waals surface area contributed by atoms with Gasteiger partial charge in [0.2, 0.25) is 0 Å². The SMILES string of the molecule is CCOC(=O)c1c(SCC(=O)OC)nc(-c2ccccc2)nc1-c1ccccc1. The highest BCUT2D eigenvalue weighted by Gasteiger charge is 2.24. The van der Waals surface area contributed by atoms with Crippen LogP contribution in [0.4, 0.5) is 0 Å². The van der Waals surface area contributed by atoms with Crippen LogP contribution in [-0.2, 0) is 14.3 Å². The largest absolute Gasteiger partial charge is 0.468 e. The fourth-order valence-corrected chi connectivity index (χ4v) is 3.49. The lowest BCUT2D eigenvalue weighted by Crippen LogP contribution is -2.13. The molecule has 29 heavy (non-hydrogen) atoms.